The van der Waals surface area contributed by atoms with Gasteiger partial charge in [0.2, 0.25) is 0 Å². The molecule has 1 aromatic rings. The Morgan fingerprint density at radius 2 is 2.06 bits per heavy atom. The summed E-state index contributed by atoms with van der Waals surface area (Å²) >= 11 is 0. The second kappa shape index (κ2) is 5.87. The minimum atomic E-state index is -0.622. The molecule has 1 unspecified atom stereocenters. The van der Waals surface area contributed by atoms with Gasteiger partial charge < -0.3 is 15.2 Å². The van der Waals surface area contributed by atoms with Crippen molar-refractivity contribution in [3.63, 3.8) is 0 Å². The van der Waals surface area contributed by atoms with Crippen LogP contribution in [-0.2, 0) is 16.1 Å². The van der Waals surface area contributed by atoms with E-state index in [4.69, 9.17) is 15.2 Å². The molecule has 0 aromatic heterocycles. The molecule has 0 amide bonds. The van der Waals surface area contributed by atoms with E-state index in [-0.39, 0.29) is 18.0 Å². The molecule has 0 aliphatic rings. The van der Waals surface area contributed by atoms with Gasteiger partial charge in [0.25, 0.3) is 0 Å². The van der Waals surface area contributed by atoms with Crippen molar-refractivity contribution in [2.24, 2.45) is 11.1 Å². The van der Waals surface area contributed by atoms with Crippen LogP contribution in [0.25, 0.3) is 0 Å². The van der Waals surface area contributed by atoms with Crippen LogP contribution >= 0.6 is 0 Å². The van der Waals surface area contributed by atoms with Crippen molar-refractivity contribution in [1.82, 2.24) is 0 Å². The highest BCUT2D eigenvalue weighted by molar-refractivity contribution is 5.76. The van der Waals surface area contributed by atoms with Gasteiger partial charge in [0.15, 0.2) is 0 Å². The van der Waals surface area contributed by atoms with Crippen LogP contribution in [0, 0.1) is 5.41 Å². The largest absolute Gasteiger partial charge is 0.497 e. The van der Waals surface area contributed by atoms with Gasteiger partial charge in [0.1, 0.15) is 18.4 Å². The van der Waals surface area contributed by atoms with Gasteiger partial charge >= 0.3 is 5.97 Å². The SMILES string of the molecule is COc1cccc(COC(=O)C(N)C(C)(C)C)c1. The Hall–Kier alpha value is -1.55. The van der Waals surface area contributed by atoms with E-state index in [0.29, 0.717) is 0 Å². The molecule has 0 heterocycles. The van der Waals surface area contributed by atoms with Gasteiger partial charge in [-0.1, -0.05) is 32.9 Å². The van der Waals surface area contributed by atoms with Gasteiger partial charge in [-0.15, -0.1) is 0 Å². The number of esters is 1. The zero-order valence-electron chi connectivity index (χ0n) is 11.4. The van der Waals surface area contributed by atoms with Gasteiger partial charge in [0, 0.05) is 0 Å². The van der Waals surface area contributed by atoms with Gasteiger partial charge in [-0.25, -0.2) is 0 Å². The molecule has 0 aliphatic heterocycles. The Morgan fingerprint density at radius 1 is 1.39 bits per heavy atom. The molecule has 0 aliphatic carbocycles. The van der Waals surface area contributed by atoms with Crippen LogP contribution in [-0.4, -0.2) is 19.1 Å². The summed E-state index contributed by atoms with van der Waals surface area (Å²) in [5, 5.41) is 0. The molecule has 4 heteroatoms. The van der Waals surface area contributed by atoms with E-state index >= 15 is 0 Å². The summed E-state index contributed by atoms with van der Waals surface area (Å²) in [6, 6.07) is 6.77. The predicted molar refractivity (Wildman–Crippen MR) is 70.2 cm³/mol. The standard InChI is InChI=1S/C14H21NO3/c1-14(2,3)12(15)13(16)18-9-10-6-5-7-11(8-10)17-4/h5-8,12H,9,15H2,1-4H3. The van der Waals surface area contributed by atoms with Gasteiger partial charge in [-0.3, -0.25) is 4.79 Å². The smallest absolute Gasteiger partial charge is 0.323 e. The maximum atomic E-state index is 11.7. The number of nitrogens with two attached hydrogens (primary N) is 1. The van der Waals surface area contributed by atoms with Crippen LogP contribution in [0.2, 0.25) is 0 Å². The van der Waals surface area contributed by atoms with E-state index in [1.807, 2.05) is 45.0 Å². The average Bonchev–Trinajstić information content (AvgIpc) is 2.34. The van der Waals surface area contributed by atoms with E-state index in [1.54, 1.807) is 7.11 Å². The number of benzene rings is 1. The zero-order chi connectivity index (χ0) is 13.8. The Bertz CT molecular complexity index is 410. The third-order valence-corrected chi connectivity index (χ3v) is 2.70. The monoisotopic (exact) mass is 251 g/mol. The molecule has 100 valence electrons. The third kappa shape index (κ3) is 4.04. The molecule has 0 saturated heterocycles. The van der Waals surface area contributed by atoms with Crippen LogP contribution in [0.15, 0.2) is 24.3 Å². The van der Waals surface area contributed by atoms with Crippen molar-refractivity contribution < 1.29 is 14.3 Å². The number of hydrogen-bond acceptors (Lipinski definition) is 4. The van der Waals surface area contributed by atoms with E-state index in [9.17, 15) is 4.79 Å². The first-order chi connectivity index (χ1) is 8.34. The molecule has 4 nitrogen and oxygen atoms in total. The van der Waals surface area contributed by atoms with Crippen molar-refractivity contribution in [1.29, 1.82) is 0 Å². The first kappa shape index (κ1) is 14.5. The van der Waals surface area contributed by atoms with Gasteiger partial charge in [-0.2, -0.15) is 0 Å². The fraction of sp³-hybridized carbons (Fsp3) is 0.500. The van der Waals surface area contributed by atoms with E-state index in [0.717, 1.165) is 11.3 Å². The molecule has 2 N–H and O–H groups in total. The average molecular weight is 251 g/mol. The summed E-state index contributed by atoms with van der Waals surface area (Å²) in [4.78, 5) is 11.7. The summed E-state index contributed by atoms with van der Waals surface area (Å²) in [6.45, 7) is 5.93. The van der Waals surface area contributed by atoms with E-state index in [1.165, 1.54) is 0 Å². The number of carbonyl (C=O) groups excluding carboxylic acids is 1. The predicted octanol–water partition coefficient (Wildman–Crippen LogP) is 2.11. The quantitative estimate of drug-likeness (QED) is 0.833. The lowest BCUT2D eigenvalue weighted by atomic mass is 9.87. The van der Waals surface area contributed by atoms with Crippen molar-refractivity contribution >= 4 is 5.97 Å². The molecular weight excluding hydrogens is 230 g/mol. The Kier molecular flexibility index (Phi) is 4.73. The second-order valence-corrected chi connectivity index (χ2v) is 5.30. The molecule has 1 rings (SSSR count). The first-order valence-corrected chi connectivity index (χ1v) is 5.89. The maximum absolute atomic E-state index is 11.7. The molecule has 1 atom stereocenters. The summed E-state index contributed by atoms with van der Waals surface area (Å²) in [5.41, 5.74) is 6.39. The number of methoxy groups -OCH3 is 1. The highest BCUT2D eigenvalue weighted by Crippen LogP contribution is 2.19. The first-order valence-electron chi connectivity index (χ1n) is 5.89. The minimum absolute atomic E-state index is 0.208. The summed E-state index contributed by atoms with van der Waals surface area (Å²) in [7, 11) is 1.60. The number of rotatable bonds is 4. The van der Waals surface area contributed by atoms with Gasteiger partial charge in [-0.05, 0) is 23.1 Å². The minimum Gasteiger partial charge on any atom is -0.497 e. The topological polar surface area (TPSA) is 61.5 Å². The number of carbonyl (C=O) groups is 1. The van der Waals surface area contributed by atoms with Gasteiger partial charge in [0.05, 0.1) is 7.11 Å². The molecule has 0 bridgehead atoms. The number of ether oxygens (including phenoxy) is 2. The Morgan fingerprint density at radius 3 is 2.61 bits per heavy atom. The zero-order valence-corrected chi connectivity index (χ0v) is 11.4. The van der Waals surface area contributed by atoms with E-state index < -0.39 is 6.04 Å². The van der Waals surface area contributed by atoms with Crippen molar-refractivity contribution in [2.45, 2.75) is 33.4 Å². The van der Waals surface area contributed by atoms with Crippen molar-refractivity contribution in [3.8, 4) is 5.75 Å². The van der Waals surface area contributed by atoms with Crippen LogP contribution in [0.4, 0.5) is 0 Å². The molecule has 0 saturated carbocycles. The lowest BCUT2D eigenvalue weighted by Crippen LogP contribution is -2.43. The summed E-state index contributed by atoms with van der Waals surface area (Å²) in [6.07, 6.45) is 0. The molecule has 0 fully saturated rings. The fourth-order valence-corrected chi connectivity index (χ4v) is 1.36. The molecule has 18 heavy (non-hydrogen) atoms. The van der Waals surface area contributed by atoms with Crippen LogP contribution in [0.3, 0.4) is 0 Å². The highest BCUT2D eigenvalue weighted by atomic mass is 16.5. The van der Waals surface area contributed by atoms with E-state index in [2.05, 4.69) is 0 Å². The molecule has 0 spiro atoms. The van der Waals surface area contributed by atoms with Crippen LogP contribution in [0.5, 0.6) is 5.75 Å². The molecule has 1 aromatic carbocycles. The fourth-order valence-electron chi connectivity index (χ4n) is 1.36. The highest BCUT2D eigenvalue weighted by Gasteiger charge is 2.28. The molecular formula is C14H21NO3. The maximum Gasteiger partial charge on any atom is 0.323 e. The number of hydrogen-bond donors (Lipinski definition) is 1. The normalized spacial score (nSPS) is 12.9. The van der Waals surface area contributed by atoms with Crippen LogP contribution < -0.4 is 10.5 Å². The van der Waals surface area contributed by atoms with Crippen molar-refractivity contribution in [3.05, 3.63) is 29.8 Å². The third-order valence-electron chi connectivity index (χ3n) is 2.70. The Labute approximate surface area is 108 Å². The lowest BCUT2D eigenvalue weighted by Gasteiger charge is -2.24. The molecule has 0 radical (unpaired) electrons. The summed E-state index contributed by atoms with van der Waals surface area (Å²) < 4.78 is 10.3. The summed E-state index contributed by atoms with van der Waals surface area (Å²) in [5.74, 6) is 0.356. The lowest BCUT2D eigenvalue weighted by molar-refractivity contribution is -0.149. The van der Waals surface area contributed by atoms with Crippen LogP contribution in [0.1, 0.15) is 26.3 Å². The second-order valence-electron chi connectivity index (χ2n) is 5.30. The van der Waals surface area contributed by atoms with Crippen molar-refractivity contribution in [2.75, 3.05) is 7.11 Å². The Balaban J connectivity index is 2.57.